The van der Waals surface area contributed by atoms with E-state index in [1.165, 1.54) is 12.1 Å². The van der Waals surface area contributed by atoms with Crippen molar-refractivity contribution in [2.75, 3.05) is 0 Å². The highest BCUT2D eigenvalue weighted by Crippen LogP contribution is 2.33. The second-order valence-corrected chi connectivity index (χ2v) is 7.73. The lowest BCUT2D eigenvalue weighted by atomic mass is 10.1. The van der Waals surface area contributed by atoms with Crippen molar-refractivity contribution in [2.45, 2.75) is 18.2 Å². The zero-order valence-corrected chi connectivity index (χ0v) is 15.3. The van der Waals surface area contributed by atoms with Crippen LogP contribution < -0.4 is 5.14 Å². The lowest BCUT2D eigenvalue weighted by Crippen LogP contribution is -2.12. The Balaban J connectivity index is 2.07. The van der Waals surface area contributed by atoms with Crippen molar-refractivity contribution in [3.8, 4) is 22.6 Å². The molecule has 0 amide bonds. The summed E-state index contributed by atoms with van der Waals surface area (Å²) < 4.78 is 28.7. The summed E-state index contributed by atoms with van der Waals surface area (Å²) in [5.74, 6) is -0.845. The molecule has 0 aliphatic carbocycles. The fourth-order valence-corrected chi connectivity index (χ4v) is 3.10. The second kappa shape index (κ2) is 7.34. The molecule has 8 heteroatoms. The molecule has 1 atom stereocenters. The summed E-state index contributed by atoms with van der Waals surface area (Å²) in [4.78, 5) is 15.6. The number of oxazole rings is 1. The highest BCUT2D eigenvalue weighted by molar-refractivity contribution is 7.89. The maximum absolute atomic E-state index is 11.4. The largest absolute Gasteiger partial charge is 0.481 e. The number of hydrogen-bond acceptors (Lipinski definition) is 5. The van der Waals surface area contributed by atoms with Crippen molar-refractivity contribution < 1.29 is 22.7 Å². The molecule has 27 heavy (non-hydrogen) atoms. The third-order valence-corrected chi connectivity index (χ3v) is 5.00. The van der Waals surface area contributed by atoms with Crippen molar-refractivity contribution in [1.29, 1.82) is 0 Å². The smallest absolute Gasteiger partial charge is 0.306 e. The minimum Gasteiger partial charge on any atom is -0.481 e. The van der Waals surface area contributed by atoms with Crippen molar-refractivity contribution in [3.05, 3.63) is 60.5 Å². The Morgan fingerprint density at radius 1 is 1.11 bits per heavy atom. The van der Waals surface area contributed by atoms with Crippen LogP contribution in [0.15, 0.2) is 63.9 Å². The first kappa shape index (κ1) is 18.8. The number of aliphatic carboxylic acids is 1. The number of carboxylic acids is 1. The molecule has 1 aromatic heterocycles. The van der Waals surface area contributed by atoms with Gasteiger partial charge in [0.15, 0.2) is 11.7 Å². The molecule has 3 rings (SSSR count). The van der Waals surface area contributed by atoms with E-state index in [0.29, 0.717) is 22.9 Å². The van der Waals surface area contributed by atoms with E-state index < -0.39 is 21.9 Å². The number of nitrogens with two attached hydrogens (primary N) is 1. The Bertz CT molecular complexity index is 1060. The van der Waals surface area contributed by atoms with E-state index in [1.54, 1.807) is 19.1 Å². The summed E-state index contributed by atoms with van der Waals surface area (Å²) >= 11 is 0. The average molecular weight is 386 g/mol. The van der Waals surface area contributed by atoms with Crippen molar-refractivity contribution >= 4 is 16.0 Å². The fraction of sp³-hybridized carbons (Fsp3) is 0.158. The summed E-state index contributed by atoms with van der Waals surface area (Å²) in [6.07, 6.45) is 0.143. The number of carboxylic acid groups (broad SMARTS) is 1. The third-order valence-electron chi connectivity index (χ3n) is 4.07. The summed E-state index contributed by atoms with van der Waals surface area (Å²) in [7, 11) is -3.80. The number of sulfonamides is 1. The van der Waals surface area contributed by atoms with Gasteiger partial charge in [-0.2, -0.15) is 0 Å². The molecular formula is C19H18N2O5S. The SMILES string of the molecule is CC(Cc1nc(-c2ccccc2)c(-c2ccc(S(N)(=O)=O)cc2)o1)C(=O)O. The van der Waals surface area contributed by atoms with Gasteiger partial charge in [0, 0.05) is 17.5 Å². The highest BCUT2D eigenvalue weighted by Gasteiger charge is 2.21. The number of primary sulfonamides is 1. The predicted octanol–water partition coefficient (Wildman–Crippen LogP) is 2.92. The monoisotopic (exact) mass is 386 g/mol. The average Bonchev–Trinajstić information content (AvgIpc) is 3.05. The van der Waals surface area contributed by atoms with Gasteiger partial charge in [-0.1, -0.05) is 37.3 Å². The molecule has 0 radical (unpaired) electrons. The molecular weight excluding hydrogens is 368 g/mol. The van der Waals surface area contributed by atoms with E-state index in [2.05, 4.69) is 4.98 Å². The van der Waals surface area contributed by atoms with Gasteiger partial charge in [-0.15, -0.1) is 0 Å². The number of rotatable bonds is 6. The Hall–Kier alpha value is -2.97. The summed E-state index contributed by atoms with van der Waals surface area (Å²) in [5.41, 5.74) is 1.98. The van der Waals surface area contributed by atoms with E-state index >= 15 is 0 Å². The maximum Gasteiger partial charge on any atom is 0.306 e. The van der Waals surface area contributed by atoms with Crippen LogP contribution in [0.2, 0.25) is 0 Å². The Morgan fingerprint density at radius 3 is 2.30 bits per heavy atom. The number of nitrogens with zero attached hydrogens (tertiary/aromatic N) is 1. The third kappa shape index (κ3) is 4.24. The van der Waals surface area contributed by atoms with Gasteiger partial charge in [-0.05, 0) is 24.3 Å². The van der Waals surface area contributed by atoms with Gasteiger partial charge in [-0.25, -0.2) is 18.5 Å². The Kier molecular flexibility index (Phi) is 5.11. The molecule has 0 saturated carbocycles. The molecule has 0 aliphatic heterocycles. The summed E-state index contributed by atoms with van der Waals surface area (Å²) in [5, 5.41) is 14.3. The molecule has 0 spiro atoms. The minimum absolute atomic E-state index is 0.00764. The van der Waals surface area contributed by atoms with Gasteiger partial charge < -0.3 is 9.52 Å². The van der Waals surface area contributed by atoms with Gasteiger partial charge in [-0.3, -0.25) is 4.79 Å². The molecule has 7 nitrogen and oxygen atoms in total. The van der Waals surface area contributed by atoms with Gasteiger partial charge in [0.25, 0.3) is 0 Å². The van der Waals surface area contributed by atoms with E-state index in [4.69, 9.17) is 14.7 Å². The summed E-state index contributed by atoms with van der Waals surface area (Å²) in [6.45, 7) is 1.58. The first-order valence-corrected chi connectivity index (χ1v) is 9.71. The fourth-order valence-electron chi connectivity index (χ4n) is 2.58. The van der Waals surface area contributed by atoms with Crippen molar-refractivity contribution in [3.63, 3.8) is 0 Å². The normalized spacial score (nSPS) is 12.7. The molecule has 0 saturated heterocycles. The molecule has 1 heterocycles. The lowest BCUT2D eigenvalue weighted by Gasteiger charge is -2.03. The van der Waals surface area contributed by atoms with E-state index in [-0.39, 0.29) is 11.3 Å². The van der Waals surface area contributed by atoms with Crippen LogP contribution in [-0.2, 0) is 21.2 Å². The van der Waals surface area contributed by atoms with Crippen LogP contribution in [0.1, 0.15) is 12.8 Å². The van der Waals surface area contributed by atoms with Gasteiger partial charge in [0.2, 0.25) is 10.0 Å². The van der Waals surface area contributed by atoms with E-state index in [1.807, 2.05) is 30.3 Å². The topological polar surface area (TPSA) is 123 Å². The zero-order chi connectivity index (χ0) is 19.6. The number of benzene rings is 2. The van der Waals surface area contributed by atoms with Crippen LogP contribution in [0.25, 0.3) is 22.6 Å². The number of hydrogen-bond donors (Lipinski definition) is 2. The van der Waals surface area contributed by atoms with E-state index in [0.717, 1.165) is 5.56 Å². The first-order chi connectivity index (χ1) is 12.8. The standard InChI is InChI=1S/C19H18N2O5S/c1-12(19(22)23)11-16-21-17(13-5-3-2-4-6-13)18(26-16)14-7-9-15(10-8-14)27(20,24)25/h2-10,12H,11H2,1H3,(H,22,23)(H2,20,24,25). The van der Waals surface area contributed by atoms with Crippen LogP contribution in [0, 0.1) is 5.92 Å². The molecule has 1 unspecified atom stereocenters. The molecule has 0 fully saturated rings. The molecule has 0 aliphatic rings. The van der Waals surface area contributed by atoms with Crippen LogP contribution in [0.3, 0.4) is 0 Å². The summed E-state index contributed by atoms with van der Waals surface area (Å²) in [6, 6.07) is 15.3. The highest BCUT2D eigenvalue weighted by atomic mass is 32.2. The van der Waals surface area contributed by atoms with Gasteiger partial charge in [0.1, 0.15) is 5.69 Å². The van der Waals surface area contributed by atoms with Crippen molar-refractivity contribution in [2.24, 2.45) is 11.1 Å². The molecule has 3 aromatic rings. The number of carbonyl (C=O) groups is 1. The van der Waals surface area contributed by atoms with Crippen molar-refractivity contribution in [1.82, 2.24) is 4.98 Å². The Labute approximate surface area is 156 Å². The Morgan fingerprint density at radius 2 is 1.74 bits per heavy atom. The molecule has 2 aromatic carbocycles. The quantitative estimate of drug-likeness (QED) is 0.671. The first-order valence-electron chi connectivity index (χ1n) is 8.17. The molecule has 140 valence electrons. The van der Waals surface area contributed by atoms with Crippen LogP contribution >= 0.6 is 0 Å². The second-order valence-electron chi connectivity index (χ2n) is 6.16. The van der Waals surface area contributed by atoms with Gasteiger partial charge >= 0.3 is 5.97 Å². The maximum atomic E-state index is 11.4. The van der Waals surface area contributed by atoms with Crippen LogP contribution in [-0.4, -0.2) is 24.5 Å². The minimum atomic E-state index is -3.80. The van der Waals surface area contributed by atoms with E-state index in [9.17, 15) is 13.2 Å². The van der Waals surface area contributed by atoms with Gasteiger partial charge in [0.05, 0.1) is 10.8 Å². The van der Waals surface area contributed by atoms with Crippen LogP contribution in [0.5, 0.6) is 0 Å². The number of aromatic nitrogens is 1. The lowest BCUT2D eigenvalue weighted by molar-refractivity contribution is -0.141. The predicted molar refractivity (Wildman–Crippen MR) is 99.3 cm³/mol. The molecule has 3 N–H and O–H groups in total. The van der Waals surface area contributed by atoms with Crippen LogP contribution in [0.4, 0.5) is 0 Å². The molecule has 0 bridgehead atoms. The zero-order valence-electron chi connectivity index (χ0n) is 14.5.